The first-order chi connectivity index (χ1) is 11.9. The first-order valence-electron chi connectivity index (χ1n) is 8.97. The summed E-state index contributed by atoms with van der Waals surface area (Å²) in [7, 11) is 0. The summed E-state index contributed by atoms with van der Waals surface area (Å²) in [6.45, 7) is 9.09. The van der Waals surface area contributed by atoms with Gasteiger partial charge in [-0.1, -0.05) is 44.2 Å². The highest BCUT2D eigenvalue weighted by molar-refractivity contribution is 5.87. The quantitative estimate of drug-likeness (QED) is 0.799. The van der Waals surface area contributed by atoms with E-state index in [0.29, 0.717) is 6.54 Å². The molecule has 1 aromatic carbocycles. The molecule has 1 saturated heterocycles. The number of carbonyl (C=O) groups excluding carboxylic acids is 2. The number of hydrogen-bond donors (Lipinski definition) is 2. The molecule has 138 valence electrons. The van der Waals surface area contributed by atoms with E-state index in [4.69, 9.17) is 5.73 Å². The van der Waals surface area contributed by atoms with Crippen molar-refractivity contribution in [2.24, 2.45) is 11.7 Å². The fourth-order valence-corrected chi connectivity index (χ4v) is 3.07. The molecular formula is C19H30N4O2. The number of carbonyl (C=O) groups is 2. The van der Waals surface area contributed by atoms with Gasteiger partial charge in [0.25, 0.3) is 0 Å². The monoisotopic (exact) mass is 346 g/mol. The number of piperazine rings is 1. The van der Waals surface area contributed by atoms with E-state index in [2.05, 4.69) is 29.3 Å². The molecule has 0 saturated carbocycles. The number of hydrogen-bond acceptors (Lipinski definition) is 4. The Hall–Kier alpha value is -1.92. The van der Waals surface area contributed by atoms with Crippen LogP contribution in [0.3, 0.4) is 0 Å². The molecule has 2 atom stereocenters. The summed E-state index contributed by atoms with van der Waals surface area (Å²) in [5, 5.41) is 2.66. The normalized spacial score (nSPS) is 19.7. The minimum Gasteiger partial charge on any atom is -0.346 e. The maximum absolute atomic E-state index is 12.4. The largest absolute Gasteiger partial charge is 0.346 e. The van der Waals surface area contributed by atoms with E-state index in [0.717, 1.165) is 19.6 Å². The van der Waals surface area contributed by atoms with Crippen molar-refractivity contribution in [2.75, 3.05) is 26.2 Å². The average Bonchev–Trinajstić information content (AvgIpc) is 2.59. The van der Waals surface area contributed by atoms with Gasteiger partial charge in [-0.2, -0.15) is 0 Å². The van der Waals surface area contributed by atoms with Crippen LogP contribution in [0.5, 0.6) is 0 Å². The van der Waals surface area contributed by atoms with Crippen LogP contribution in [0.15, 0.2) is 30.3 Å². The fourth-order valence-electron chi connectivity index (χ4n) is 3.07. The highest BCUT2D eigenvalue weighted by Crippen LogP contribution is 2.13. The Morgan fingerprint density at radius 3 is 2.52 bits per heavy atom. The van der Waals surface area contributed by atoms with Crippen molar-refractivity contribution in [1.82, 2.24) is 15.1 Å². The highest BCUT2D eigenvalue weighted by atomic mass is 16.2. The Morgan fingerprint density at radius 2 is 1.92 bits per heavy atom. The third kappa shape index (κ3) is 5.54. The Morgan fingerprint density at radius 1 is 1.24 bits per heavy atom. The fraction of sp³-hybridized carbons (Fsp3) is 0.579. The molecule has 25 heavy (non-hydrogen) atoms. The van der Waals surface area contributed by atoms with Crippen LogP contribution in [0.4, 0.5) is 0 Å². The summed E-state index contributed by atoms with van der Waals surface area (Å²) in [6, 6.07) is 9.90. The minimum atomic E-state index is -0.576. The molecule has 1 aliphatic rings. The number of nitrogens with one attached hydrogen (secondary N) is 1. The lowest BCUT2D eigenvalue weighted by Gasteiger charge is -2.40. The minimum absolute atomic E-state index is 0.0161. The second kappa shape index (κ2) is 8.97. The standard InChI is InChI=1S/C19H30N4O2/c1-14(2)18(20)19(25)21-11-17(24)23-10-9-22(12-15(23)3)13-16-7-5-4-6-8-16/h4-8,14-15,18H,9-13,20H2,1-3H3,(H,21,25)/t15-,18+/m1/s1. The Labute approximate surface area is 150 Å². The Bertz CT molecular complexity index is 576. The molecule has 0 unspecified atom stereocenters. The van der Waals surface area contributed by atoms with E-state index >= 15 is 0 Å². The molecule has 1 aromatic rings. The van der Waals surface area contributed by atoms with E-state index < -0.39 is 6.04 Å². The van der Waals surface area contributed by atoms with Crippen LogP contribution < -0.4 is 11.1 Å². The van der Waals surface area contributed by atoms with Gasteiger partial charge < -0.3 is 16.0 Å². The lowest BCUT2D eigenvalue weighted by atomic mass is 10.1. The molecule has 0 spiro atoms. The van der Waals surface area contributed by atoms with Gasteiger partial charge in [0.15, 0.2) is 0 Å². The molecule has 6 heteroatoms. The molecular weight excluding hydrogens is 316 g/mol. The summed E-state index contributed by atoms with van der Waals surface area (Å²) in [5.74, 6) is -0.259. The van der Waals surface area contributed by atoms with Crippen LogP contribution >= 0.6 is 0 Å². The predicted octanol–water partition coefficient (Wildman–Crippen LogP) is 0.819. The molecule has 1 fully saturated rings. The third-order valence-corrected chi connectivity index (χ3v) is 4.72. The maximum Gasteiger partial charge on any atom is 0.242 e. The van der Waals surface area contributed by atoms with Crippen molar-refractivity contribution in [3.8, 4) is 0 Å². The van der Waals surface area contributed by atoms with Crippen molar-refractivity contribution in [2.45, 2.75) is 39.4 Å². The highest BCUT2D eigenvalue weighted by Gasteiger charge is 2.28. The number of nitrogens with two attached hydrogens (primary N) is 1. The molecule has 2 rings (SSSR count). The van der Waals surface area contributed by atoms with Crippen molar-refractivity contribution in [1.29, 1.82) is 0 Å². The molecule has 1 aliphatic heterocycles. The average molecular weight is 346 g/mol. The second-order valence-corrected chi connectivity index (χ2v) is 7.14. The number of benzene rings is 1. The van der Waals surface area contributed by atoms with Crippen LogP contribution in [0.1, 0.15) is 26.3 Å². The second-order valence-electron chi connectivity index (χ2n) is 7.14. The summed E-state index contributed by atoms with van der Waals surface area (Å²) >= 11 is 0. The molecule has 0 bridgehead atoms. The van der Waals surface area contributed by atoms with Gasteiger partial charge in [-0.05, 0) is 18.4 Å². The summed E-state index contributed by atoms with van der Waals surface area (Å²) < 4.78 is 0. The van der Waals surface area contributed by atoms with Gasteiger partial charge in [-0.15, -0.1) is 0 Å². The molecule has 0 radical (unpaired) electrons. The van der Waals surface area contributed by atoms with Crippen molar-refractivity contribution < 1.29 is 9.59 Å². The first-order valence-corrected chi connectivity index (χ1v) is 8.97. The van der Waals surface area contributed by atoms with Gasteiger partial charge in [0.2, 0.25) is 11.8 Å². The smallest absolute Gasteiger partial charge is 0.242 e. The summed E-state index contributed by atoms with van der Waals surface area (Å²) in [5.41, 5.74) is 7.08. The SMILES string of the molecule is CC(C)[C@H](N)C(=O)NCC(=O)N1CCN(Cc2ccccc2)C[C@H]1C. The van der Waals surface area contributed by atoms with Crippen LogP contribution in [-0.2, 0) is 16.1 Å². The number of nitrogens with zero attached hydrogens (tertiary/aromatic N) is 2. The van der Waals surface area contributed by atoms with Crippen molar-refractivity contribution >= 4 is 11.8 Å². The van der Waals surface area contributed by atoms with E-state index in [1.165, 1.54) is 5.56 Å². The van der Waals surface area contributed by atoms with E-state index in [1.807, 2.05) is 36.9 Å². The summed E-state index contributed by atoms with van der Waals surface area (Å²) in [4.78, 5) is 28.5. The molecule has 1 heterocycles. The van der Waals surface area contributed by atoms with Gasteiger partial charge in [-0.3, -0.25) is 14.5 Å². The van der Waals surface area contributed by atoms with Crippen LogP contribution in [0.25, 0.3) is 0 Å². The van der Waals surface area contributed by atoms with Crippen molar-refractivity contribution in [3.63, 3.8) is 0 Å². The van der Waals surface area contributed by atoms with Gasteiger partial charge >= 0.3 is 0 Å². The third-order valence-electron chi connectivity index (χ3n) is 4.72. The van der Waals surface area contributed by atoms with Gasteiger partial charge in [0.05, 0.1) is 12.6 Å². The molecule has 6 nitrogen and oxygen atoms in total. The summed E-state index contributed by atoms with van der Waals surface area (Å²) in [6.07, 6.45) is 0. The Balaban J connectivity index is 1.80. The first kappa shape index (κ1) is 19.4. The number of amides is 2. The van der Waals surface area contributed by atoms with Gasteiger partial charge in [-0.25, -0.2) is 0 Å². The van der Waals surface area contributed by atoms with Crippen molar-refractivity contribution in [3.05, 3.63) is 35.9 Å². The number of rotatable bonds is 6. The topological polar surface area (TPSA) is 78.7 Å². The van der Waals surface area contributed by atoms with Crippen LogP contribution in [-0.4, -0.2) is 59.9 Å². The zero-order chi connectivity index (χ0) is 18.4. The zero-order valence-electron chi connectivity index (χ0n) is 15.4. The Kier molecular flexibility index (Phi) is 6.96. The van der Waals surface area contributed by atoms with Gasteiger partial charge in [0.1, 0.15) is 0 Å². The molecule has 0 aromatic heterocycles. The molecule has 0 aliphatic carbocycles. The maximum atomic E-state index is 12.4. The lowest BCUT2D eigenvalue weighted by Crippen LogP contribution is -2.56. The van der Waals surface area contributed by atoms with Crippen LogP contribution in [0.2, 0.25) is 0 Å². The van der Waals surface area contributed by atoms with Gasteiger partial charge in [0, 0.05) is 32.2 Å². The lowest BCUT2D eigenvalue weighted by molar-refractivity contribution is -0.137. The van der Waals surface area contributed by atoms with E-state index in [-0.39, 0.29) is 30.3 Å². The molecule has 2 amide bonds. The van der Waals surface area contributed by atoms with E-state index in [9.17, 15) is 9.59 Å². The zero-order valence-corrected chi connectivity index (χ0v) is 15.4. The van der Waals surface area contributed by atoms with Crippen LogP contribution in [0, 0.1) is 5.92 Å². The molecule has 3 N–H and O–H groups in total. The predicted molar refractivity (Wildman–Crippen MR) is 98.7 cm³/mol. The van der Waals surface area contributed by atoms with E-state index in [1.54, 1.807) is 0 Å².